The van der Waals surface area contributed by atoms with Gasteiger partial charge in [-0.25, -0.2) is 4.98 Å². The molecule has 7 nitrogen and oxygen atoms in total. The lowest BCUT2D eigenvalue weighted by atomic mass is 9.95. The number of nitrogens with zero attached hydrogens (tertiary/aromatic N) is 3. The molecule has 1 N–H and O–H groups in total. The largest absolute Gasteiger partial charge is 0.381 e. The molecule has 2 aromatic carbocycles. The molecule has 7 heteroatoms. The maximum Gasteiger partial charge on any atom is 0.246 e. The highest BCUT2D eigenvalue weighted by Gasteiger charge is 2.25. The van der Waals surface area contributed by atoms with Crippen LogP contribution in [0, 0.1) is 5.92 Å². The van der Waals surface area contributed by atoms with Gasteiger partial charge in [-0.05, 0) is 44.7 Å². The van der Waals surface area contributed by atoms with E-state index in [0.29, 0.717) is 31.5 Å². The van der Waals surface area contributed by atoms with E-state index >= 15 is 0 Å². The molecule has 1 aliphatic rings. The lowest BCUT2D eigenvalue weighted by molar-refractivity contribution is -0.137. The van der Waals surface area contributed by atoms with Gasteiger partial charge < -0.3 is 9.64 Å². The highest BCUT2D eigenvalue weighted by Crippen LogP contribution is 2.24. The van der Waals surface area contributed by atoms with Crippen molar-refractivity contribution in [3.8, 4) is 16.9 Å². The van der Waals surface area contributed by atoms with Crippen molar-refractivity contribution in [3.05, 3.63) is 66.9 Å². The van der Waals surface area contributed by atoms with Crippen molar-refractivity contribution in [1.82, 2.24) is 14.5 Å². The molecule has 34 heavy (non-hydrogen) atoms. The minimum Gasteiger partial charge on any atom is -0.381 e. The summed E-state index contributed by atoms with van der Waals surface area (Å²) in [6.45, 7) is 5.27. The van der Waals surface area contributed by atoms with Crippen LogP contribution in [-0.2, 0) is 14.3 Å². The van der Waals surface area contributed by atoms with Crippen LogP contribution in [-0.4, -0.2) is 52.1 Å². The first-order valence-electron chi connectivity index (χ1n) is 11.9. The standard InChI is InChI=1S/C27H32N4O3/c1-20(2)30(26(33)17-21-13-15-34-16-14-21)19-25(32)29-27-28-24(22-9-5-3-6-10-22)18-31(27)23-11-7-4-8-12-23/h3-12,18,20-21H,13-17,19H2,1-2H3,(H,28,29,32). The molecule has 0 spiro atoms. The van der Waals surface area contributed by atoms with E-state index < -0.39 is 0 Å². The number of imidazole rings is 1. The van der Waals surface area contributed by atoms with Gasteiger partial charge in [0.25, 0.3) is 0 Å². The van der Waals surface area contributed by atoms with E-state index in [2.05, 4.69) is 5.32 Å². The van der Waals surface area contributed by atoms with Crippen molar-refractivity contribution < 1.29 is 14.3 Å². The van der Waals surface area contributed by atoms with E-state index in [1.807, 2.05) is 85.3 Å². The van der Waals surface area contributed by atoms with Crippen LogP contribution in [0.5, 0.6) is 0 Å². The third-order valence-corrected chi connectivity index (χ3v) is 6.12. The average Bonchev–Trinajstić information content (AvgIpc) is 3.27. The normalized spacial score (nSPS) is 14.2. The summed E-state index contributed by atoms with van der Waals surface area (Å²) in [6, 6.07) is 19.5. The number of para-hydroxylation sites is 1. The molecule has 0 bridgehead atoms. The van der Waals surface area contributed by atoms with Crippen molar-refractivity contribution in [2.75, 3.05) is 25.1 Å². The number of amides is 2. The number of rotatable bonds is 8. The molecular weight excluding hydrogens is 428 g/mol. The quantitative estimate of drug-likeness (QED) is 0.536. The second kappa shape index (κ2) is 11.1. The Labute approximate surface area is 200 Å². The zero-order valence-electron chi connectivity index (χ0n) is 19.8. The SMILES string of the molecule is CC(C)N(CC(=O)Nc1nc(-c2ccccc2)cn1-c1ccccc1)C(=O)CC1CCOCC1. The molecule has 0 unspecified atom stereocenters. The maximum atomic E-state index is 13.1. The first kappa shape index (κ1) is 23.7. The van der Waals surface area contributed by atoms with Crippen LogP contribution in [0.15, 0.2) is 66.9 Å². The third kappa shape index (κ3) is 5.91. The summed E-state index contributed by atoms with van der Waals surface area (Å²) in [5.74, 6) is 0.483. The highest BCUT2D eigenvalue weighted by molar-refractivity contribution is 5.94. The molecule has 178 valence electrons. The fourth-order valence-electron chi connectivity index (χ4n) is 4.19. The number of nitrogens with one attached hydrogen (secondary N) is 1. The molecule has 1 saturated heterocycles. The maximum absolute atomic E-state index is 13.1. The zero-order valence-corrected chi connectivity index (χ0v) is 19.8. The van der Waals surface area contributed by atoms with Gasteiger partial charge in [0.1, 0.15) is 6.54 Å². The van der Waals surface area contributed by atoms with Gasteiger partial charge in [0.05, 0.1) is 5.69 Å². The molecule has 1 fully saturated rings. The third-order valence-electron chi connectivity index (χ3n) is 6.12. The van der Waals surface area contributed by atoms with Gasteiger partial charge in [0, 0.05) is 43.1 Å². The lowest BCUT2D eigenvalue weighted by Gasteiger charge is -2.29. The summed E-state index contributed by atoms with van der Waals surface area (Å²) < 4.78 is 7.27. The second-order valence-corrected chi connectivity index (χ2v) is 8.94. The summed E-state index contributed by atoms with van der Waals surface area (Å²) in [5, 5.41) is 2.94. The molecule has 2 heterocycles. The Morgan fingerprint density at radius 3 is 2.35 bits per heavy atom. The van der Waals surface area contributed by atoms with Crippen LogP contribution in [0.4, 0.5) is 5.95 Å². The van der Waals surface area contributed by atoms with Gasteiger partial charge in [-0.1, -0.05) is 48.5 Å². The molecule has 1 aromatic heterocycles. The van der Waals surface area contributed by atoms with Crippen molar-refractivity contribution in [1.29, 1.82) is 0 Å². The predicted octanol–water partition coefficient (Wildman–Crippen LogP) is 4.53. The lowest BCUT2D eigenvalue weighted by Crippen LogP contribution is -2.43. The molecule has 0 radical (unpaired) electrons. The van der Waals surface area contributed by atoms with E-state index in [1.165, 1.54) is 0 Å². The number of hydrogen-bond donors (Lipinski definition) is 1. The van der Waals surface area contributed by atoms with Crippen molar-refractivity contribution in [2.24, 2.45) is 5.92 Å². The first-order chi connectivity index (χ1) is 16.5. The summed E-state index contributed by atoms with van der Waals surface area (Å²) in [4.78, 5) is 32.4. The molecule has 1 aliphatic heterocycles. The van der Waals surface area contributed by atoms with Crippen LogP contribution in [0.3, 0.4) is 0 Å². The minimum atomic E-state index is -0.267. The van der Waals surface area contributed by atoms with Crippen LogP contribution < -0.4 is 5.32 Å². The van der Waals surface area contributed by atoms with Crippen molar-refractivity contribution >= 4 is 17.8 Å². The van der Waals surface area contributed by atoms with Gasteiger partial charge >= 0.3 is 0 Å². The van der Waals surface area contributed by atoms with Crippen LogP contribution in [0.1, 0.15) is 33.1 Å². The van der Waals surface area contributed by atoms with E-state index in [1.54, 1.807) is 4.90 Å². The number of anilines is 1. The van der Waals surface area contributed by atoms with Gasteiger partial charge in [-0.15, -0.1) is 0 Å². The topological polar surface area (TPSA) is 76.5 Å². The van der Waals surface area contributed by atoms with Gasteiger partial charge in [-0.3, -0.25) is 19.5 Å². The summed E-state index contributed by atoms with van der Waals surface area (Å²) >= 11 is 0. The van der Waals surface area contributed by atoms with Crippen LogP contribution in [0.2, 0.25) is 0 Å². The molecular formula is C27H32N4O3. The Kier molecular flexibility index (Phi) is 7.75. The predicted molar refractivity (Wildman–Crippen MR) is 133 cm³/mol. The molecule has 0 atom stereocenters. The molecule has 0 saturated carbocycles. The Hall–Kier alpha value is -3.45. The van der Waals surface area contributed by atoms with E-state index in [-0.39, 0.29) is 24.4 Å². The number of ether oxygens (including phenoxy) is 1. The van der Waals surface area contributed by atoms with Gasteiger partial charge in [-0.2, -0.15) is 0 Å². The first-order valence-corrected chi connectivity index (χ1v) is 11.9. The molecule has 3 aromatic rings. The Morgan fingerprint density at radius 2 is 1.71 bits per heavy atom. The Bertz CT molecular complexity index is 1090. The average molecular weight is 461 g/mol. The van der Waals surface area contributed by atoms with E-state index in [0.717, 1.165) is 29.8 Å². The van der Waals surface area contributed by atoms with Gasteiger partial charge in [0.15, 0.2) is 0 Å². The van der Waals surface area contributed by atoms with Crippen molar-refractivity contribution in [3.63, 3.8) is 0 Å². The second-order valence-electron chi connectivity index (χ2n) is 8.94. The minimum absolute atomic E-state index is 0.00780. The number of carbonyl (C=O) groups is 2. The van der Waals surface area contributed by atoms with Gasteiger partial charge in [0.2, 0.25) is 17.8 Å². The molecule has 2 amide bonds. The highest BCUT2D eigenvalue weighted by atomic mass is 16.5. The monoisotopic (exact) mass is 460 g/mol. The van der Waals surface area contributed by atoms with Crippen LogP contribution >= 0.6 is 0 Å². The zero-order chi connectivity index (χ0) is 23.9. The smallest absolute Gasteiger partial charge is 0.246 e. The van der Waals surface area contributed by atoms with E-state index in [9.17, 15) is 9.59 Å². The number of benzene rings is 2. The fourth-order valence-corrected chi connectivity index (χ4v) is 4.19. The van der Waals surface area contributed by atoms with Crippen LogP contribution in [0.25, 0.3) is 16.9 Å². The number of aromatic nitrogens is 2. The summed E-state index contributed by atoms with van der Waals surface area (Å²) in [5.41, 5.74) is 2.61. The molecule has 0 aliphatic carbocycles. The summed E-state index contributed by atoms with van der Waals surface area (Å²) in [6.07, 6.45) is 4.14. The van der Waals surface area contributed by atoms with E-state index in [4.69, 9.17) is 9.72 Å². The Balaban J connectivity index is 1.51. The Morgan fingerprint density at radius 1 is 1.06 bits per heavy atom. The number of carbonyl (C=O) groups excluding carboxylic acids is 2. The fraction of sp³-hybridized carbons (Fsp3) is 0.370. The number of hydrogen-bond acceptors (Lipinski definition) is 4. The summed E-state index contributed by atoms with van der Waals surface area (Å²) in [7, 11) is 0. The van der Waals surface area contributed by atoms with Crippen molar-refractivity contribution in [2.45, 2.75) is 39.2 Å². The molecule has 4 rings (SSSR count).